The summed E-state index contributed by atoms with van der Waals surface area (Å²) in [5.41, 5.74) is 1.08. The lowest BCUT2D eigenvalue weighted by Crippen LogP contribution is -2.24. The number of hydrogen-bond acceptors (Lipinski definition) is 5. The molecular formula is C13H10ClN3O3. The number of hydrogen-bond donors (Lipinski definition) is 1. The highest BCUT2D eigenvalue weighted by molar-refractivity contribution is 6.29. The fourth-order valence-electron chi connectivity index (χ4n) is 1.78. The average Bonchev–Trinajstić information content (AvgIpc) is 2.92. The second-order valence-corrected chi connectivity index (χ2v) is 4.48. The van der Waals surface area contributed by atoms with Gasteiger partial charge in [0.15, 0.2) is 11.5 Å². The van der Waals surface area contributed by atoms with Crippen molar-refractivity contribution in [3.05, 3.63) is 47.0 Å². The fraction of sp³-hybridized carbons (Fsp3) is 0.154. The van der Waals surface area contributed by atoms with Crippen molar-refractivity contribution >= 4 is 17.5 Å². The lowest BCUT2D eigenvalue weighted by atomic mass is 10.2. The molecule has 0 radical (unpaired) electrons. The number of fused-ring (bicyclic) bond motifs is 1. The van der Waals surface area contributed by atoms with E-state index in [2.05, 4.69) is 15.3 Å². The van der Waals surface area contributed by atoms with E-state index in [1.165, 1.54) is 12.4 Å². The second-order valence-electron chi connectivity index (χ2n) is 4.10. The Morgan fingerprint density at radius 3 is 3.00 bits per heavy atom. The van der Waals surface area contributed by atoms with Gasteiger partial charge < -0.3 is 14.8 Å². The SMILES string of the molecule is O=C(NCc1ccc2c(c1)OCO2)c1cncc(Cl)n1. The zero-order valence-electron chi connectivity index (χ0n) is 10.3. The number of halogens is 1. The van der Waals surface area contributed by atoms with Gasteiger partial charge in [-0.25, -0.2) is 4.98 Å². The van der Waals surface area contributed by atoms with Gasteiger partial charge in [0.05, 0.1) is 12.4 Å². The second kappa shape index (κ2) is 5.34. The van der Waals surface area contributed by atoms with Crippen LogP contribution in [0.15, 0.2) is 30.6 Å². The summed E-state index contributed by atoms with van der Waals surface area (Å²) in [5, 5.41) is 2.92. The van der Waals surface area contributed by atoms with Crippen molar-refractivity contribution in [2.24, 2.45) is 0 Å². The van der Waals surface area contributed by atoms with E-state index in [1.54, 1.807) is 0 Å². The fourth-order valence-corrected chi connectivity index (χ4v) is 1.92. The summed E-state index contributed by atoms with van der Waals surface area (Å²) in [6.07, 6.45) is 2.73. The van der Waals surface area contributed by atoms with E-state index in [-0.39, 0.29) is 23.5 Å². The minimum absolute atomic E-state index is 0.179. The molecule has 1 aromatic carbocycles. The van der Waals surface area contributed by atoms with Gasteiger partial charge >= 0.3 is 0 Å². The van der Waals surface area contributed by atoms with E-state index >= 15 is 0 Å². The van der Waals surface area contributed by atoms with Crippen molar-refractivity contribution in [2.75, 3.05) is 6.79 Å². The molecule has 1 amide bonds. The van der Waals surface area contributed by atoms with Crippen LogP contribution in [-0.4, -0.2) is 22.7 Å². The smallest absolute Gasteiger partial charge is 0.271 e. The van der Waals surface area contributed by atoms with Gasteiger partial charge in [-0.05, 0) is 17.7 Å². The van der Waals surface area contributed by atoms with E-state index < -0.39 is 0 Å². The van der Waals surface area contributed by atoms with Crippen LogP contribution in [0, 0.1) is 0 Å². The molecule has 2 aromatic rings. The molecule has 0 saturated heterocycles. The average molecular weight is 292 g/mol. The number of benzene rings is 1. The van der Waals surface area contributed by atoms with E-state index in [4.69, 9.17) is 21.1 Å². The molecular weight excluding hydrogens is 282 g/mol. The van der Waals surface area contributed by atoms with Gasteiger partial charge in [0.25, 0.3) is 5.91 Å². The Balaban J connectivity index is 1.66. The molecule has 20 heavy (non-hydrogen) atoms. The number of carbonyl (C=O) groups is 1. The van der Waals surface area contributed by atoms with Gasteiger partial charge in [-0.2, -0.15) is 0 Å². The van der Waals surface area contributed by atoms with Crippen LogP contribution in [0.2, 0.25) is 5.15 Å². The summed E-state index contributed by atoms with van der Waals surface area (Å²) in [4.78, 5) is 19.6. The molecule has 0 spiro atoms. The molecule has 6 nitrogen and oxygen atoms in total. The van der Waals surface area contributed by atoms with Crippen LogP contribution in [-0.2, 0) is 6.54 Å². The summed E-state index contributed by atoms with van der Waals surface area (Å²) in [6.45, 7) is 0.576. The number of rotatable bonds is 3. The number of nitrogens with one attached hydrogen (secondary N) is 1. The topological polar surface area (TPSA) is 73.3 Å². The molecule has 2 heterocycles. The maximum Gasteiger partial charge on any atom is 0.271 e. The van der Waals surface area contributed by atoms with Crippen LogP contribution < -0.4 is 14.8 Å². The Hall–Kier alpha value is -2.34. The van der Waals surface area contributed by atoms with Crippen molar-refractivity contribution in [1.82, 2.24) is 15.3 Å². The highest BCUT2D eigenvalue weighted by atomic mass is 35.5. The van der Waals surface area contributed by atoms with Crippen LogP contribution in [0.1, 0.15) is 16.1 Å². The van der Waals surface area contributed by atoms with Gasteiger partial charge in [0, 0.05) is 6.54 Å². The van der Waals surface area contributed by atoms with Crippen LogP contribution in [0.3, 0.4) is 0 Å². The highest BCUT2D eigenvalue weighted by Gasteiger charge is 2.14. The maximum absolute atomic E-state index is 11.9. The first-order valence-corrected chi connectivity index (χ1v) is 6.24. The first-order chi connectivity index (χ1) is 9.72. The molecule has 7 heteroatoms. The van der Waals surface area contributed by atoms with Crippen molar-refractivity contribution in [3.8, 4) is 11.5 Å². The summed E-state index contributed by atoms with van der Waals surface area (Å²) < 4.78 is 10.5. The Kier molecular flexibility index (Phi) is 3.39. The predicted octanol–water partition coefficient (Wildman–Crippen LogP) is 1.79. The van der Waals surface area contributed by atoms with E-state index in [0.29, 0.717) is 18.0 Å². The number of carbonyl (C=O) groups excluding carboxylic acids is 1. The molecule has 3 rings (SSSR count). The van der Waals surface area contributed by atoms with Crippen molar-refractivity contribution in [2.45, 2.75) is 6.54 Å². The summed E-state index contributed by atoms with van der Waals surface area (Å²) in [5.74, 6) is 1.05. The number of nitrogens with zero attached hydrogens (tertiary/aromatic N) is 2. The Labute approximate surface area is 119 Å². The van der Waals surface area contributed by atoms with Crippen molar-refractivity contribution < 1.29 is 14.3 Å². The first-order valence-electron chi connectivity index (χ1n) is 5.86. The number of ether oxygens (including phenoxy) is 2. The Morgan fingerprint density at radius 2 is 2.15 bits per heavy atom. The van der Waals surface area contributed by atoms with Gasteiger partial charge in [0.2, 0.25) is 6.79 Å². The molecule has 0 saturated carbocycles. The van der Waals surface area contributed by atoms with Crippen LogP contribution in [0.4, 0.5) is 0 Å². The lowest BCUT2D eigenvalue weighted by molar-refractivity contribution is 0.0945. The van der Waals surface area contributed by atoms with Gasteiger partial charge in [0.1, 0.15) is 10.8 Å². The van der Waals surface area contributed by atoms with Crippen molar-refractivity contribution in [3.63, 3.8) is 0 Å². The van der Waals surface area contributed by atoms with Gasteiger partial charge in [-0.3, -0.25) is 9.78 Å². The van der Waals surface area contributed by atoms with Crippen molar-refractivity contribution in [1.29, 1.82) is 0 Å². The normalized spacial score (nSPS) is 12.2. The highest BCUT2D eigenvalue weighted by Crippen LogP contribution is 2.32. The molecule has 1 aliphatic heterocycles. The van der Waals surface area contributed by atoms with Crippen LogP contribution >= 0.6 is 11.6 Å². The molecule has 102 valence electrons. The molecule has 0 bridgehead atoms. The standard InChI is InChI=1S/C13H10ClN3O3/c14-12-6-15-5-9(17-12)13(18)16-4-8-1-2-10-11(3-8)20-7-19-10/h1-3,5-6H,4,7H2,(H,16,18). The van der Waals surface area contributed by atoms with E-state index in [1.807, 2.05) is 18.2 Å². The molecule has 1 N–H and O–H groups in total. The zero-order chi connectivity index (χ0) is 13.9. The van der Waals surface area contributed by atoms with Gasteiger partial charge in [-0.15, -0.1) is 0 Å². The molecule has 0 unspecified atom stereocenters. The molecule has 1 aliphatic rings. The summed E-state index contributed by atoms with van der Waals surface area (Å²) in [6, 6.07) is 5.49. The number of amides is 1. The largest absolute Gasteiger partial charge is 0.454 e. The lowest BCUT2D eigenvalue weighted by Gasteiger charge is -2.05. The van der Waals surface area contributed by atoms with E-state index in [9.17, 15) is 4.79 Å². The molecule has 0 aliphatic carbocycles. The summed E-state index contributed by atoms with van der Waals surface area (Å²) in [7, 11) is 0. The third kappa shape index (κ3) is 2.65. The number of aromatic nitrogens is 2. The monoisotopic (exact) mass is 291 g/mol. The molecule has 0 fully saturated rings. The zero-order valence-corrected chi connectivity index (χ0v) is 11.1. The first kappa shape index (κ1) is 12.7. The summed E-state index contributed by atoms with van der Waals surface area (Å²) >= 11 is 5.69. The Morgan fingerprint density at radius 1 is 1.30 bits per heavy atom. The maximum atomic E-state index is 11.9. The third-order valence-electron chi connectivity index (χ3n) is 2.73. The Bertz CT molecular complexity index is 663. The third-order valence-corrected chi connectivity index (χ3v) is 2.91. The quantitative estimate of drug-likeness (QED) is 0.933. The molecule has 0 atom stereocenters. The van der Waals surface area contributed by atoms with Crippen LogP contribution in [0.5, 0.6) is 11.5 Å². The minimum Gasteiger partial charge on any atom is -0.454 e. The van der Waals surface area contributed by atoms with Gasteiger partial charge in [-0.1, -0.05) is 17.7 Å². The van der Waals surface area contributed by atoms with Crippen LogP contribution in [0.25, 0.3) is 0 Å². The predicted molar refractivity (Wildman–Crippen MR) is 70.8 cm³/mol. The molecule has 1 aromatic heterocycles. The minimum atomic E-state index is -0.335. The van der Waals surface area contributed by atoms with E-state index in [0.717, 1.165) is 5.56 Å².